The number of nitrogens with one attached hydrogen (secondary N) is 1. The van der Waals surface area contributed by atoms with Gasteiger partial charge in [-0.15, -0.1) is 0 Å². The lowest BCUT2D eigenvalue weighted by Crippen LogP contribution is -1.84. The van der Waals surface area contributed by atoms with Crippen molar-refractivity contribution in [3.05, 3.63) is 29.5 Å². The van der Waals surface area contributed by atoms with Crippen LogP contribution in [0.25, 0.3) is 10.9 Å². The molecule has 0 aliphatic heterocycles. The van der Waals surface area contributed by atoms with Crippen molar-refractivity contribution in [1.82, 2.24) is 10.2 Å². The zero-order valence-corrected chi connectivity index (χ0v) is 7.54. The summed E-state index contributed by atoms with van der Waals surface area (Å²) in [6.07, 6.45) is 1.01. The van der Waals surface area contributed by atoms with Gasteiger partial charge in [0.2, 0.25) is 0 Å². The van der Waals surface area contributed by atoms with Crippen molar-refractivity contribution in [3.8, 4) is 0 Å². The summed E-state index contributed by atoms with van der Waals surface area (Å²) in [6, 6.07) is 6.11. The van der Waals surface area contributed by atoms with Crippen LogP contribution in [0.3, 0.4) is 0 Å². The second kappa shape index (κ2) is 3.18. The maximum absolute atomic E-state index is 9.02. The van der Waals surface area contributed by atoms with E-state index in [0.29, 0.717) is 0 Å². The third-order valence-electron chi connectivity index (χ3n) is 2.26. The molecule has 0 atom stereocenters. The third-order valence-corrected chi connectivity index (χ3v) is 2.26. The van der Waals surface area contributed by atoms with Crippen molar-refractivity contribution in [3.63, 3.8) is 0 Å². The lowest BCUT2D eigenvalue weighted by atomic mass is 10.1. The second-order valence-corrected chi connectivity index (χ2v) is 3.07. The average Bonchev–Trinajstić information content (AvgIpc) is 2.59. The van der Waals surface area contributed by atoms with E-state index in [4.69, 9.17) is 5.11 Å². The first-order valence-electron chi connectivity index (χ1n) is 4.42. The zero-order chi connectivity index (χ0) is 9.26. The Kier molecular flexibility index (Phi) is 2.02. The molecular weight excluding hydrogens is 164 g/mol. The molecule has 2 N–H and O–H groups in total. The molecule has 0 bridgehead atoms. The number of aromatic amines is 1. The molecule has 0 saturated carbocycles. The fourth-order valence-corrected chi connectivity index (χ4v) is 1.45. The minimum atomic E-state index is 0.0175. The van der Waals surface area contributed by atoms with Crippen molar-refractivity contribution in [2.75, 3.05) is 0 Å². The third kappa shape index (κ3) is 1.31. The lowest BCUT2D eigenvalue weighted by Gasteiger charge is -1.96. The molecule has 13 heavy (non-hydrogen) atoms. The van der Waals surface area contributed by atoms with Crippen LogP contribution in [0.15, 0.2) is 18.2 Å². The van der Waals surface area contributed by atoms with Crippen LogP contribution in [0.1, 0.15) is 18.2 Å². The fourth-order valence-electron chi connectivity index (χ4n) is 1.45. The van der Waals surface area contributed by atoms with Crippen LogP contribution in [0.2, 0.25) is 0 Å². The number of hydrogen-bond donors (Lipinski definition) is 2. The minimum Gasteiger partial charge on any atom is -0.390 e. The molecule has 0 spiro atoms. The van der Waals surface area contributed by atoms with Crippen LogP contribution in [0, 0.1) is 0 Å². The molecule has 0 radical (unpaired) electrons. The van der Waals surface area contributed by atoms with E-state index >= 15 is 0 Å². The first kappa shape index (κ1) is 8.26. The number of nitrogens with zero attached hydrogens (tertiary/aromatic N) is 1. The van der Waals surface area contributed by atoms with Gasteiger partial charge < -0.3 is 5.11 Å². The Balaban J connectivity index is 2.64. The topological polar surface area (TPSA) is 48.9 Å². The molecule has 0 aliphatic carbocycles. The summed E-state index contributed by atoms with van der Waals surface area (Å²) < 4.78 is 0. The largest absolute Gasteiger partial charge is 0.390 e. The van der Waals surface area contributed by atoms with Gasteiger partial charge in [-0.25, -0.2) is 0 Å². The summed E-state index contributed by atoms with van der Waals surface area (Å²) in [7, 11) is 0. The normalized spacial score (nSPS) is 10.9. The lowest BCUT2D eigenvalue weighted by molar-refractivity contribution is 0.278. The minimum absolute atomic E-state index is 0.0175. The Morgan fingerprint density at radius 2 is 2.31 bits per heavy atom. The number of aliphatic hydroxyl groups excluding tert-OH is 1. The van der Waals surface area contributed by atoms with Gasteiger partial charge in [-0.3, -0.25) is 5.10 Å². The van der Waals surface area contributed by atoms with E-state index in [1.165, 1.54) is 5.56 Å². The van der Waals surface area contributed by atoms with E-state index in [1.54, 1.807) is 0 Å². The molecule has 0 amide bonds. The van der Waals surface area contributed by atoms with Gasteiger partial charge in [-0.05, 0) is 24.1 Å². The molecule has 3 nitrogen and oxygen atoms in total. The molecule has 1 heterocycles. The maximum atomic E-state index is 9.02. The number of fused-ring (bicyclic) bond motifs is 1. The second-order valence-electron chi connectivity index (χ2n) is 3.07. The van der Waals surface area contributed by atoms with E-state index in [0.717, 1.165) is 23.0 Å². The number of rotatable bonds is 2. The van der Waals surface area contributed by atoms with Crippen LogP contribution in [-0.4, -0.2) is 15.3 Å². The highest BCUT2D eigenvalue weighted by atomic mass is 16.3. The summed E-state index contributed by atoms with van der Waals surface area (Å²) in [4.78, 5) is 0. The van der Waals surface area contributed by atoms with Gasteiger partial charge in [0.25, 0.3) is 0 Å². The number of aliphatic hydroxyl groups is 1. The molecule has 0 aliphatic rings. The first-order valence-corrected chi connectivity index (χ1v) is 4.42. The Morgan fingerprint density at radius 3 is 3.00 bits per heavy atom. The van der Waals surface area contributed by atoms with Gasteiger partial charge in [-0.2, -0.15) is 5.10 Å². The smallest absolute Gasteiger partial charge is 0.0924 e. The van der Waals surface area contributed by atoms with E-state index in [1.807, 2.05) is 6.07 Å². The molecule has 0 saturated heterocycles. The zero-order valence-electron chi connectivity index (χ0n) is 7.54. The number of aromatic nitrogens is 2. The van der Waals surface area contributed by atoms with E-state index in [9.17, 15) is 0 Å². The number of aryl methyl sites for hydroxylation is 1. The molecule has 0 unspecified atom stereocenters. The van der Waals surface area contributed by atoms with Gasteiger partial charge in [0.15, 0.2) is 0 Å². The van der Waals surface area contributed by atoms with Crippen molar-refractivity contribution in [2.24, 2.45) is 0 Å². The van der Waals surface area contributed by atoms with Crippen LogP contribution in [-0.2, 0) is 13.0 Å². The quantitative estimate of drug-likeness (QED) is 0.730. The summed E-state index contributed by atoms with van der Waals surface area (Å²) in [5.74, 6) is 0. The molecule has 1 aromatic carbocycles. The molecule has 2 aromatic rings. The Bertz CT molecular complexity index is 420. The van der Waals surface area contributed by atoms with E-state index < -0.39 is 0 Å². The van der Waals surface area contributed by atoms with Crippen LogP contribution in [0.5, 0.6) is 0 Å². The first-order chi connectivity index (χ1) is 6.35. The summed E-state index contributed by atoms with van der Waals surface area (Å²) >= 11 is 0. The Morgan fingerprint density at radius 1 is 1.46 bits per heavy atom. The highest BCUT2D eigenvalue weighted by Crippen LogP contribution is 2.17. The number of H-pyrrole nitrogens is 1. The molecule has 68 valence electrons. The highest BCUT2D eigenvalue weighted by molar-refractivity contribution is 5.81. The van der Waals surface area contributed by atoms with Crippen LogP contribution in [0.4, 0.5) is 0 Å². The van der Waals surface area contributed by atoms with E-state index in [2.05, 4.69) is 29.3 Å². The number of benzene rings is 1. The highest BCUT2D eigenvalue weighted by Gasteiger charge is 2.03. The predicted molar refractivity (Wildman–Crippen MR) is 51.4 cm³/mol. The van der Waals surface area contributed by atoms with Gasteiger partial charge in [0, 0.05) is 5.39 Å². The molecule has 1 aromatic heterocycles. The van der Waals surface area contributed by atoms with E-state index in [-0.39, 0.29) is 6.61 Å². The SMILES string of the molecule is CCc1ccc2n[nH]c(CO)c2c1. The standard InChI is InChI=1S/C10H12N2O/c1-2-7-3-4-9-8(5-7)10(6-13)12-11-9/h3-5,13H,2,6H2,1H3,(H,11,12). The van der Waals surface area contributed by atoms with Crippen LogP contribution < -0.4 is 0 Å². The molecular formula is C10H12N2O. The monoisotopic (exact) mass is 176 g/mol. The Hall–Kier alpha value is -1.35. The van der Waals surface area contributed by atoms with Gasteiger partial charge >= 0.3 is 0 Å². The Labute approximate surface area is 76.4 Å². The summed E-state index contributed by atoms with van der Waals surface area (Å²) in [6.45, 7) is 2.13. The fraction of sp³-hybridized carbons (Fsp3) is 0.300. The van der Waals surface area contributed by atoms with Gasteiger partial charge in [-0.1, -0.05) is 13.0 Å². The molecule has 0 fully saturated rings. The molecule has 2 rings (SSSR count). The summed E-state index contributed by atoms with van der Waals surface area (Å²) in [5.41, 5.74) is 2.98. The summed E-state index contributed by atoms with van der Waals surface area (Å²) in [5, 5.41) is 16.9. The maximum Gasteiger partial charge on any atom is 0.0924 e. The molecule has 3 heteroatoms. The van der Waals surface area contributed by atoms with Crippen molar-refractivity contribution >= 4 is 10.9 Å². The van der Waals surface area contributed by atoms with Crippen LogP contribution >= 0.6 is 0 Å². The van der Waals surface area contributed by atoms with Crippen molar-refractivity contribution in [2.45, 2.75) is 20.0 Å². The van der Waals surface area contributed by atoms with Crippen molar-refractivity contribution < 1.29 is 5.11 Å². The van der Waals surface area contributed by atoms with Crippen molar-refractivity contribution in [1.29, 1.82) is 0 Å². The van der Waals surface area contributed by atoms with Gasteiger partial charge in [0.1, 0.15) is 0 Å². The average molecular weight is 176 g/mol. The predicted octanol–water partition coefficient (Wildman–Crippen LogP) is 1.62. The number of hydrogen-bond acceptors (Lipinski definition) is 2. The van der Waals surface area contributed by atoms with Gasteiger partial charge in [0.05, 0.1) is 17.8 Å².